The van der Waals surface area contributed by atoms with Gasteiger partial charge in [-0.2, -0.15) is 0 Å². The van der Waals surface area contributed by atoms with Gasteiger partial charge in [-0.15, -0.1) is 0 Å². The Kier molecular flexibility index (Phi) is 5.58. The monoisotopic (exact) mass is 434 g/mol. The van der Waals surface area contributed by atoms with Gasteiger partial charge in [0.2, 0.25) is 15.9 Å². The standard InChI is InChI=1S/C18H31BrN2O3S/c1-3-21(25(2,23)24)6-4-5-20-16(22)12-17-8-14-7-15(9-17)11-18(19,10-14)13-17/h14-15H,3-13H2,1-2H3,(H,20,22). The van der Waals surface area contributed by atoms with Gasteiger partial charge in [-0.1, -0.05) is 22.9 Å². The molecule has 0 aromatic carbocycles. The first-order chi connectivity index (χ1) is 11.6. The second-order valence-corrected chi connectivity index (χ2v) is 12.4. The first-order valence-corrected chi connectivity index (χ1v) is 12.2. The number of sulfonamides is 1. The van der Waals surface area contributed by atoms with Gasteiger partial charge in [0.1, 0.15) is 0 Å². The molecule has 4 rings (SSSR count). The molecule has 0 aromatic heterocycles. The van der Waals surface area contributed by atoms with Crippen molar-refractivity contribution in [3.05, 3.63) is 0 Å². The molecule has 7 heteroatoms. The number of rotatable bonds is 8. The number of carbonyl (C=O) groups excluding carboxylic acids is 1. The van der Waals surface area contributed by atoms with E-state index < -0.39 is 10.0 Å². The Balaban J connectivity index is 1.46. The molecular formula is C18H31BrN2O3S. The number of alkyl halides is 1. The highest BCUT2D eigenvalue weighted by atomic mass is 79.9. The molecule has 4 aliphatic rings. The first-order valence-electron chi connectivity index (χ1n) is 9.54. The molecule has 0 radical (unpaired) electrons. The highest BCUT2D eigenvalue weighted by Crippen LogP contribution is 2.65. The lowest BCUT2D eigenvalue weighted by molar-refractivity contribution is -0.128. The van der Waals surface area contributed by atoms with Crippen molar-refractivity contribution in [3.63, 3.8) is 0 Å². The Hall–Kier alpha value is -0.140. The maximum atomic E-state index is 12.5. The molecule has 0 aliphatic heterocycles. The summed E-state index contributed by atoms with van der Waals surface area (Å²) in [5.41, 5.74) is 0.194. The molecule has 2 atom stereocenters. The van der Waals surface area contributed by atoms with Crippen LogP contribution < -0.4 is 5.32 Å². The predicted octanol–water partition coefficient (Wildman–Crippen LogP) is 2.90. The number of halogens is 1. The van der Waals surface area contributed by atoms with E-state index in [4.69, 9.17) is 0 Å². The molecule has 0 aromatic rings. The Labute approximate surface area is 160 Å². The third-order valence-corrected chi connectivity index (χ3v) is 8.68. The van der Waals surface area contributed by atoms with E-state index in [0.29, 0.717) is 32.5 Å². The van der Waals surface area contributed by atoms with E-state index >= 15 is 0 Å². The molecule has 144 valence electrons. The molecule has 4 bridgehead atoms. The van der Waals surface area contributed by atoms with Crippen LogP contribution in [0.4, 0.5) is 0 Å². The van der Waals surface area contributed by atoms with Crippen LogP contribution in [0.1, 0.15) is 58.3 Å². The fraction of sp³-hybridized carbons (Fsp3) is 0.944. The minimum absolute atomic E-state index is 0.139. The van der Waals surface area contributed by atoms with Gasteiger partial charge in [-0.3, -0.25) is 4.79 Å². The Morgan fingerprint density at radius 1 is 1.24 bits per heavy atom. The van der Waals surface area contributed by atoms with Gasteiger partial charge in [0.15, 0.2) is 0 Å². The molecule has 0 saturated heterocycles. The van der Waals surface area contributed by atoms with Gasteiger partial charge in [0.05, 0.1) is 6.26 Å². The lowest BCUT2D eigenvalue weighted by Gasteiger charge is -2.60. The molecular weight excluding hydrogens is 404 g/mol. The summed E-state index contributed by atoms with van der Waals surface area (Å²) in [6.07, 6.45) is 10.0. The molecule has 25 heavy (non-hydrogen) atoms. The molecule has 4 fully saturated rings. The molecule has 4 aliphatic carbocycles. The number of carbonyl (C=O) groups is 1. The van der Waals surface area contributed by atoms with Crippen LogP contribution in [0.25, 0.3) is 0 Å². The van der Waals surface area contributed by atoms with Crippen molar-refractivity contribution < 1.29 is 13.2 Å². The van der Waals surface area contributed by atoms with E-state index in [1.807, 2.05) is 6.92 Å². The third kappa shape index (κ3) is 4.59. The van der Waals surface area contributed by atoms with Gasteiger partial charge >= 0.3 is 0 Å². The minimum Gasteiger partial charge on any atom is -0.356 e. The topological polar surface area (TPSA) is 66.5 Å². The fourth-order valence-electron chi connectivity index (χ4n) is 5.99. The Morgan fingerprint density at radius 3 is 2.40 bits per heavy atom. The van der Waals surface area contributed by atoms with Crippen LogP contribution in [-0.2, 0) is 14.8 Å². The summed E-state index contributed by atoms with van der Waals surface area (Å²) in [7, 11) is -3.14. The number of hydrogen-bond donors (Lipinski definition) is 1. The van der Waals surface area contributed by atoms with Crippen molar-refractivity contribution in [1.82, 2.24) is 9.62 Å². The zero-order valence-corrected chi connectivity index (χ0v) is 17.8. The summed E-state index contributed by atoms with van der Waals surface area (Å²) >= 11 is 3.99. The normalized spacial score (nSPS) is 36.8. The Morgan fingerprint density at radius 2 is 1.88 bits per heavy atom. The quantitative estimate of drug-likeness (QED) is 0.471. The summed E-state index contributed by atoms with van der Waals surface area (Å²) in [6.45, 7) is 3.33. The van der Waals surface area contributed by atoms with Crippen molar-refractivity contribution in [1.29, 1.82) is 0 Å². The maximum absolute atomic E-state index is 12.5. The van der Waals surface area contributed by atoms with E-state index in [0.717, 1.165) is 18.3 Å². The SMILES string of the molecule is CCN(CCCNC(=O)CC12CC3CC(CC(Br)(C3)C1)C2)S(C)(=O)=O. The van der Waals surface area contributed by atoms with Gasteiger partial charge in [0.25, 0.3) is 0 Å². The van der Waals surface area contributed by atoms with Crippen molar-refractivity contribution in [2.75, 3.05) is 25.9 Å². The van der Waals surface area contributed by atoms with E-state index in [-0.39, 0.29) is 15.6 Å². The molecule has 0 spiro atoms. The van der Waals surface area contributed by atoms with Crippen LogP contribution in [0.5, 0.6) is 0 Å². The lowest BCUT2D eigenvalue weighted by Crippen LogP contribution is -2.54. The smallest absolute Gasteiger partial charge is 0.220 e. The lowest BCUT2D eigenvalue weighted by atomic mass is 9.48. The van der Waals surface area contributed by atoms with E-state index in [1.54, 1.807) is 0 Å². The van der Waals surface area contributed by atoms with Crippen molar-refractivity contribution >= 4 is 31.9 Å². The second-order valence-electron chi connectivity index (χ2n) is 8.75. The first kappa shape index (κ1) is 19.6. The average Bonchev–Trinajstić information content (AvgIpc) is 2.42. The summed E-state index contributed by atoms with van der Waals surface area (Å²) in [6, 6.07) is 0. The van der Waals surface area contributed by atoms with Crippen LogP contribution >= 0.6 is 15.9 Å². The van der Waals surface area contributed by atoms with Crippen LogP contribution in [0.15, 0.2) is 0 Å². The maximum Gasteiger partial charge on any atom is 0.220 e. The number of hydrogen-bond acceptors (Lipinski definition) is 3. The Bertz CT molecular complexity index is 608. The van der Waals surface area contributed by atoms with Crippen LogP contribution in [-0.4, -0.2) is 48.8 Å². The van der Waals surface area contributed by atoms with E-state index in [2.05, 4.69) is 21.2 Å². The molecule has 1 N–H and O–H groups in total. The number of nitrogens with zero attached hydrogens (tertiary/aromatic N) is 1. The highest BCUT2D eigenvalue weighted by Gasteiger charge is 2.57. The van der Waals surface area contributed by atoms with Crippen molar-refractivity contribution in [2.24, 2.45) is 17.3 Å². The second kappa shape index (κ2) is 7.12. The van der Waals surface area contributed by atoms with E-state index in [9.17, 15) is 13.2 Å². The highest BCUT2D eigenvalue weighted by molar-refractivity contribution is 9.10. The largest absolute Gasteiger partial charge is 0.356 e. The van der Waals surface area contributed by atoms with E-state index in [1.165, 1.54) is 42.7 Å². The molecule has 5 nitrogen and oxygen atoms in total. The van der Waals surface area contributed by atoms with Crippen molar-refractivity contribution in [3.8, 4) is 0 Å². The number of amides is 1. The number of nitrogens with one attached hydrogen (secondary N) is 1. The summed E-state index contributed by atoms with van der Waals surface area (Å²) in [5, 5.41) is 3.03. The van der Waals surface area contributed by atoms with Crippen molar-refractivity contribution in [2.45, 2.75) is 62.6 Å². The molecule has 1 amide bonds. The van der Waals surface area contributed by atoms with Gasteiger partial charge in [0, 0.05) is 30.4 Å². The summed E-state index contributed by atoms with van der Waals surface area (Å²) < 4.78 is 24.9. The fourth-order valence-corrected chi connectivity index (χ4v) is 8.43. The van der Waals surface area contributed by atoms with Crippen LogP contribution in [0.3, 0.4) is 0 Å². The predicted molar refractivity (Wildman–Crippen MR) is 103 cm³/mol. The average molecular weight is 435 g/mol. The third-order valence-electron chi connectivity index (χ3n) is 6.37. The minimum atomic E-state index is -3.14. The van der Waals surface area contributed by atoms with Gasteiger partial charge in [-0.05, 0) is 62.2 Å². The van der Waals surface area contributed by atoms with Crippen LogP contribution in [0, 0.1) is 17.3 Å². The molecule has 0 heterocycles. The van der Waals surface area contributed by atoms with Gasteiger partial charge < -0.3 is 5.32 Å². The zero-order chi connectivity index (χ0) is 18.3. The summed E-state index contributed by atoms with van der Waals surface area (Å²) in [5.74, 6) is 1.73. The molecule has 4 saturated carbocycles. The zero-order valence-electron chi connectivity index (χ0n) is 15.4. The van der Waals surface area contributed by atoms with Crippen LogP contribution in [0.2, 0.25) is 0 Å². The van der Waals surface area contributed by atoms with Gasteiger partial charge in [-0.25, -0.2) is 12.7 Å². The summed E-state index contributed by atoms with van der Waals surface area (Å²) in [4.78, 5) is 12.5. The molecule has 2 unspecified atom stereocenters.